The molecular weight excluding hydrogens is 200 g/mol. The number of rotatable bonds is 6. The van der Waals surface area contributed by atoms with Crippen molar-refractivity contribution < 1.29 is 4.79 Å². The van der Waals surface area contributed by atoms with Crippen LogP contribution >= 0.6 is 0 Å². The third-order valence-electron chi connectivity index (χ3n) is 3.35. The zero-order valence-electron chi connectivity index (χ0n) is 11.1. The Morgan fingerprint density at radius 2 is 2.00 bits per heavy atom. The van der Waals surface area contributed by atoms with Gasteiger partial charge in [-0.05, 0) is 18.8 Å². The first kappa shape index (κ1) is 13.5. The second-order valence-electron chi connectivity index (χ2n) is 5.05. The minimum absolute atomic E-state index is 0.0339. The van der Waals surface area contributed by atoms with Crippen molar-refractivity contribution in [3.63, 3.8) is 0 Å². The molecule has 0 aliphatic carbocycles. The van der Waals surface area contributed by atoms with Crippen molar-refractivity contribution in [2.24, 2.45) is 5.92 Å². The Morgan fingerprint density at radius 1 is 1.31 bits per heavy atom. The molecule has 0 saturated carbocycles. The van der Waals surface area contributed by atoms with Crippen LogP contribution in [0.4, 0.5) is 0 Å². The molecule has 1 N–H and O–H groups in total. The Morgan fingerprint density at radius 3 is 2.50 bits per heavy atom. The second kappa shape index (κ2) is 6.24. The van der Waals surface area contributed by atoms with Crippen molar-refractivity contribution >= 4 is 5.91 Å². The number of nitrogens with zero attached hydrogens (tertiary/aromatic N) is 1. The monoisotopic (exact) mass is 226 g/mol. The van der Waals surface area contributed by atoms with Gasteiger partial charge in [-0.15, -0.1) is 0 Å². The number of carbonyl (C=O) groups is 1. The lowest BCUT2D eigenvalue weighted by Crippen LogP contribution is -2.37. The van der Waals surface area contributed by atoms with Gasteiger partial charge in [0.1, 0.15) is 0 Å². The van der Waals surface area contributed by atoms with E-state index in [4.69, 9.17) is 0 Å². The van der Waals surface area contributed by atoms with Gasteiger partial charge in [0.05, 0.1) is 12.2 Å². The highest BCUT2D eigenvalue weighted by atomic mass is 16.2. The van der Waals surface area contributed by atoms with Crippen molar-refractivity contribution in [2.75, 3.05) is 6.54 Å². The summed E-state index contributed by atoms with van der Waals surface area (Å²) in [5.41, 5.74) is 0. The van der Waals surface area contributed by atoms with Crippen LogP contribution in [-0.4, -0.2) is 29.6 Å². The van der Waals surface area contributed by atoms with Crippen molar-refractivity contribution in [1.29, 1.82) is 0 Å². The highest BCUT2D eigenvalue weighted by molar-refractivity contribution is 5.84. The number of unbranched alkanes of at least 4 members (excludes halogenated alkanes) is 2. The molecule has 1 rings (SSSR count). The third-order valence-corrected chi connectivity index (χ3v) is 3.35. The second-order valence-corrected chi connectivity index (χ2v) is 5.05. The molecule has 1 fully saturated rings. The van der Waals surface area contributed by atoms with Gasteiger partial charge in [-0.3, -0.25) is 10.1 Å². The largest absolute Gasteiger partial charge is 0.326 e. The van der Waals surface area contributed by atoms with Gasteiger partial charge in [-0.2, -0.15) is 0 Å². The van der Waals surface area contributed by atoms with Gasteiger partial charge in [0.25, 0.3) is 0 Å². The molecule has 1 heterocycles. The molecule has 2 atom stereocenters. The number of nitrogens with one attached hydrogen (secondary N) is 1. The summed E-state index contributed by atoms with van der Waals surface area (Å²) in [6.07, 6.45) is 4.82. The summed E-state index contributed by atoms with van der Waals surface area (Å²) in [5, 5.41) is 3.44. The van der Waals surface area contributed by atoms with Gasteiger partial charge < -0.3 is 4.90 Å². The van der Waals surface area contributed by atoms with Gasteiger partial charge in [0, 0.05) is 6.54 Å². The molecule has 94 valence electrons. The quantitative estimate of drug-likeness (QED) is 0.705. The molecule has 16 heavy (non-hydrogen) atoms. The van der Waals surface area contributed by atoms with Gasteiger partial charge in [0.2, 0.25) is 5.91 Å². The lowest BCUT2D eigenvalue weighted by atomic mass is 10.1. The maximum Gasteiger partial charge on any atom is 0.241 e. The Kier molecular flexibility index (Phi) is 5.26. The van der Waals surface area contributed by atoms with Crippen LogP contribution in [0.1, 0.15) is 53.4 Å². The average molecular weight is 226 g/mol. The number of amides is 1. The van der Waals surface area contributed by atoms with Crippen LogP contribution in [-0.2, 0) is 4.79 Å². The number of hydrogen-bond donors (Lipinski definition) is 1. The Bertz CT molecular complexity index is 228. The predicted octanol–water partition coefficient (Wildman–Crippen LogP) is 2.37. The van der Waals surface area contributed by atoms with E-state index < -0.39 is 0 Å². The molecule has 1 aliphatic heterocycles. The first-order chi connectivity index (χ1) is 7.61. The van der Waals surface area contributed by atoms with Gasteiger partial charge >= 0.3 is 0 Å². The Balaban J connectivity index is 2.55. The van der Waals surface area contributed by atoms with E-state index >= 15 is 0 Å². The Hall–Kier alpha value is -0.570. The summed E-state index contributed by atoms with van der Waals surface area (Å²) in [7, 11) is 0. The van der Waals surface area contributed by atoms with Crippen LogP contribution in [0, 0.1) is 5.92 Å². The van der Waals surface area contributed by atoms with Gasteiger partial charge in [-0.1, -0.05) is 40.5 Å². The van der Waals surface area contributed by atoms with Crippen LogP contribution < -0.4 is 5.32 Å². The smallest absolute Gasteiger partial charge is 0.241 e. The first-order valence-electron chi connectivity index (χ1n) is 6.68. The topological polar surface area (TPSA) is 32.3 Å². The van der Waals surface area contributed by atoms with Crippen molar-refractivity contribution in [3.8, 4) is 0 Å². The molecular formula is C13H26N2O. The van der Waals surface area contributed by atoms with E-state index in [2.05, 4.69) is 33.0 Å². The summed E-state index contributed by atoms with van der Waals surface area (Å²) in [5.74, 6) is 0.690. The molecule has 0 aromatic rings. The first-order valence-corrected chi connectivity index (χ1v) is 6.68. The van der Waals surface area contributed by atoms with Crippen molar-refractivity contribution in [1.82, 2.24) is 10.2 Å². The van der Waals surface area contributed by atoms with Crippen molar-refractivity contribution in [3.05, 3.63) is 0 Å². The van der Waals surface area contributed by atoms with E-state index in [0.29, 0.717) is 11.8 Å². The number of hydrogen-bond acceptors (Lipinski definition) is 2. The molecule has 1 saturated heterocycles. The predicted molar refractivity (Wildman–Crippen MR) is 67.1 cm³/mol. The van der Waals surface area contributed by atoms with E-state index in [0.717, 1.165) is 19.4 Å². The lowest BCUT2D eigenvalue weighted by Gasteiger charge is -2.22. The fourth-order valence-corrected chi connectivity index (χ4v) is 2.31. The van der Waals surface area contributed by atoms with Crippen LogP contribution in [0.25, 0.3) is 0 Å². The molecule has 3 nitrogen and oxygen atoms in total. The molecule has 1 amide bonds. The average Bonchev–Trinajstić information content (AvgIpc) is 2.57. The third kappa shape index (κ3) is 2.97. The van der Waals surface area contributed by atoms with E-state index in [-0.39, 0.29) is 12.2 Å². The zero-order valence-corrected chi connectivity index (χ0v) is 11.1. The molecule has 0 bridgehead atoms. The van der Waals surface area contributed by atoms with Crippen LogP contribution in [0.15, 0.2) is 0 Å². The summed E-state index contributed by atoms with van der Waals surface area (Å²) >= 11 is 0. The highest BCUT2D eigenvalue weighted by Crippen LogP contribution is 2.19. The SMILES string of the molecule is CCCCCN1C(=O)C(C(C)C)NC1CC. The fraction of sp³-hybridized carbons (Fsp3) is 0.923. The van der Waals surface area contributed by atoms with Gasteiger partial charge in [-0.25, -0.2) is 0 Å². The molecule has 1 aliphatic rings. The summed E-state index contributed by atoms with van der Waals surface area (Å²) in [6, 6.07) is 0.0339. The van der Waals surface area contributed by atoms with Gasteiger partial charge in [0.15, 0.2) is 0 Å². The molecule has 0 spiro atoms. The van der Waals surface area contributed by atoms with Crippen LogP contribution in [0.5, 0.6) is 0 Å². The molecule has 3 heteroatoms. The summed E-state index contributed by atoms with van der Waals surface area (Å²) in [6.45, 7) is 9.47. The normalized spacial score (nSPS) is 25.8. The van der Waals surface area contributed by atoms with E-state index in [1.807, 2.05) is 4.90 Å². The molecule has 0 aromatic heterocycles. The fourth-order valence-electron chi connectivity index (χ4n) is 2.31. The lowest BCUT2D eigenvalue weighted by molar-refractivity contribution is -0.130. The summed E-state index contributed by atoms with van der Waals surface area (Å²) in [4.78, 5) is 14.2. The minimum Gasteiger partial charge on any atom is -0.326 e. The summed E-state index contributed by atoms with van der Waals surface area (Å²) < 4.78 is 0. The highest BCUT2D eigenvalue weighted by Gasteiger charge is 2.38. The van der Waals surface area contributed by atoms with E-state index in [1.54, 1.807) is 0 Å². The minimum atomic E-state index is 0.0339. The number of carbonyl (C=O) groups excluding carboxylic acids is 1. The van der Waals surface area contributed by atoms with E-state index in [9.17, 15) is 4.79 Å². The van der Waals surface area contributed by atoms with Crippen LogP contribution in [0.3, 0.4) is 0 Å². The van der Waals surface area contributed by atoms with E-state index in [1.165, 1.54) is 12.8 Å². The van der Waals surface area contributed by atoms with Crippen LogP contribution in [0.2, 0.25) is 0 Å². The maximum atomic E-state index is 12.2. The standard InChI is InChI=1S/C13H26N2O/c1-5-7-8-9-15-11(6-2)14-12(10(3)4)13(15)16/h10-12,14H,5-9H2,1-4H3. The Labute approximate surface area is 99.6 Å². The maximum absolute atomic E-state index is 12.2. The molecule has 0 aromatic carbocycles. The molecule has 2 unspecified atom stereocenters. The van der Waals surface area contributed by atoms with Crippen molar-refractivity contribution in [2.45, 2.75) is 65.6 Å². The molecule has 0 radical (unpaired) electrons. The zero-order chi connectivity index (χ0) is 12.1.